The topological polar surface area (TPSA) is 80.9 Å². The molecular weight excluding hydrogens is 331 g/mol. The minimum Gasteiger partial charge on any atom is -0.368 e. The summed E-state index contributed by atoms with van der Waals surface area (Å²) in [6, 6.07) is 12.2. The molecule has 1 aromatic heterocycles. The Labute approximate surface area is 150 Å². The van der Waals surface area contributed by atoms with Crippen molar-refractivity contribution in [2.24, 2.45) is 0 Å². The number of nitrogens with two attached hydrogens (primary N) is 1. The number of carbonyl (C=O) groups excluding carboxylic acids is 1. The van der Waals surface area contributed by atoms with E-state index in [0.29, 0.717) is 17.7 Å². The van der Waals surface area contributed by atoms with E-state index in [9.17, 15) is 9.18 Å². The summed E-state index contributed by atoms with van der Waals surface area (Å²) in [6.45, 7) is 2.00. The molecule has 2 aromatic carbocycles. The van der Waals surface area contributed by atoms with E-state index < -0.39 is 0 Å². The van der Waals surface area contributed by atoms with Crippen molar-refractivity contribution in [2.45, 2.75) is 19.4 Å². The lowest BCUT2D eigenvalue weighted by Crippen LogP contribution is -2.36. The van der Waals surface area contributed by atoms with Crippen LogP contribution in [0.2, 0.25) is 0 Å². The minimum absolute atomic E-state index is 0.134. The average Bonchev–Trinajstić information content (AvgIpc) is 2.62. The summed E-state index contributed by atoms with van der Waals surface area (Å²) < 4.78 is 13.9. The van der Waals surface area contributed by atoms with E-state index in [0.717, 1.165) is 22.3 Å². The van der Waals surface area contributed by atoms with Gasteiger partial charge in [-0.25, -0.2) is 14.4 Å². The predicted molar refractivity (Wildman–Crippen MR) is 96.9 cm³/mol. The molecule has 0 radical (unpaired) electrons. The van der Waals surface area contributed by atoms with Crippen LogP contribution in [-0.4, -0.2) is 15.9 Å². The first-order valence-electron chi connectivity index (χ1n) is 8.30. The van der Waals surface area contributed by atoms with Gasteiger partial charge in [-0.15, -0.1) is 0 Å². The van der Waals surface area contributed by atoms with Crippen LogP contribution in [0.3, 0.4) is 0 Å². The van der Waals surface area contributed by atoms with Gasteiger partial charge < -0.3 is 11.1 Å². The highest BCUT2D eigenvalue weighted by Crippen LogP contribution is 2.33. The van der Waals surface area contributed by atoms with Crippen molar-refractivity contribution in [1.29, 1.82) is 0 Å². The fraction of sp³-hybridized carbons (Fsp3) is 0.150. The van der Waals surface area contributed by atoms with Crippen molar-refractivity contribution in [2.75, 3.05) is 5.73 Å². The summed E-state index contributed by atoms with van der Waals surface area (Å²) in [7, 11) is 0. The second kappa shape index (κ2) is 6.22. The van der Waals surface area contributed by atoms with Crippen molar-refractivity contribution in [1.82, 2.24) is 15.3 Å². The van der Waals surface area contributed by atoms with Crippen LogP contribution < -0.4 is 11.1 Å². The van der Waals surface area contributed by atoms with Crippen LogP contribution in [0.25, 0.3) is 11.1 Å². The van der Waals surface area contributed by atoms with E-state index in [4.69, 9.17) is 5.73 Å². The molecule has 1 atom stereocenters. The standard InChI is InChI=1S/C20H17FN4O/c1-11-2-4-12(5-3-11)15-8-13(21)6-7-14(15)17-9-18-16(19(26)24-17)10-23-20(22)25-18/h2-8,10,17H,9H2,1H3,(H,24,26)(H2,22,23,25)/t17-/m1/s1. The molecule has 0 unspecified atom stereocenters. The van der Waals surface area contributed by atoms with Gasteiger partial charge in [0, 0.05) is 12.6 Å². The van der Waals surface area contributed by atoms with Gasteiger partial charge in [-0.1, -0.05) is 35.9 Å². The third-order valence-corrected chi connectivity index (χ3v) is 4.59. The Morgan fingerprint density at radius 1 is 1.15 bits per heavy atom. The third kappa shape index (κ3) is 2.90. The van der Waals surface area contributed by atoms with Crippen molar-refractivity contribution in [3.8, 4) is 11.1 Å². The fourth-order valence-electron chi connectivity index (χ4n) is 3.26. The van der Waals surface area contributed by atoms with Crippen LogP contribution in [0, 0.1) is 12.7 Å². The lowest BCUT2D eigenvalue weighted by atomic mass is 9.89. The number of nitrogens with one attached hydrogen (secondary N) is 1. The number of hydrogen-bond donors (Lipinski definition) is 2. The number of nitrogen functional groups attached to an aromatic ring is 1. The predicted octanol–water partition coefficient (Wildman–Crippen LogP) is 3.20. The zero-order valence-corrected chi connectivity index (χ0v) is 14.2. The maximum atomic E-state index is 13.9. The number of nitrogens with zero attached hydrogens (tertiary/aromatic N) is 2. The number of rotatable bonds is 2. The van der Waals surface area contributed by atoms with E-state index in [1.165, 1.54) is 18.3 Å². The first-order valence-corrected chi connectivity index (χ1v) is 8.30. The molecule has 0 bridgehead atoms. The molecule has 0 fully saturated rings. The quantitative estimate of drug-likeness (QED) is 0.745. The second-order valence-corrected chi connectivity index (χ2v) is 6.42. The molecule has 6 heteroatoms. The Morgan fingerprint density at radius 2 is 1.92 bits per heavy atom. The fourth-order valence-corrected chi connectivity index (χ4v) is 3.26. The van der Waals surface area contributed by atoms with Crippen LogP contribution in [0.1, 0.15) is 33.2 Å². The molecule has 1 amide bonds. The maximum Gasteiger partial charge on any atom is 0.255 e. The Morgan fingerprint density at radius 3 is 2.69 bits per heavy atom. The van der Waals surface area contributed by atoms with E-state index in [2.05, 4.69) is 15.3 Å². The number of amides is 1. The smallest absolute Gasteiger partial charge is 0.255 e. The lowest BCUT2D eigenvalue weighted by molar-refractivity contribution is 0.0923. The van der Waals surface area contributed by atoms with Gasteiger partial charge in [-0.05, 0) is 35.7 Å². The van der Waals surface area contributed by atoms with Gasteiger partial charge in [0.2, 0.25) is 5.95 Å². The van der Waals surface area contributed by atoms with Gasteiger partial charge >= 0.3 is 0 Å². The van der Waals surface area contributed by atoms with Crippen molar-refractivity contribution in [3.05, 3.63) is 76.9 Å². The summed E-state index contributed by atoms with van der Waals surface area (Å²) in [6.07, 6.45) is 1.91. The molecule has 130 valence electrons. The van der Waals surface area contributed by atoms with Crippen molar-refractivity contribution < 1.29 is 9.18 Å². The normalized spacial score (nSPS) is 16.1. The van der Waals surface area contributed by atoms with Gasteiger partial charge in [0.15, 0.2) is 0 Å². The van der Waals surface area contributed by atoms with Crippen LogP contribution in [-0.2, 0) is 6.42 Å². The molecule has 3 aromatic rings. The molecule has 26 heavy (non-hydrogen) atoms. The Hall–Kier alpha value is -3.28. The molecule has 4 rings (SSSR count). The lowest BCUT2D eigenvalue weighted by Gasteiger charge is -2.27. The van der Waals surface area contributed by atoms with Crippen molar-refractivity contribution >= 4 is 11.9 Å². The SMILES string of the molecule is Cc1ccc(-c2cc(F)ccc2[C@H]2Cc3nc(N)ncc3C(=O)N2)cc1. The zero-order chi connectivity index (χ0) is 18.3. The number of benzene rings is 2. The number of aromatic nitrogens is 2. The van der Waals surface area contributed by atoms with Gasteiger partial charge in [-0.3, -0.25) is 4.79 Å². The minimum atomic E-state index is -0.321. The van der Waals surface area contributed by atoms with Gasteiger partial charge in [0.1, 0.15) is 5.82 Å². The summed E-state index contributed by atoms with van der Waals surface area (Å²) in [5.74, 6) is -0.441. The van der Waals surface area contributed by atoms with E-state index in [1.807, 2.05) is 31.2 Å². The summed E-state index contributed by atoms with van der Waals surface area (Å²) in [4.78, 5) is 20.5. The molecule has 0 saturated carbocycles. The van der Waals surface area contributed by atoms with Crippen molar-refractivity contribution in [3.63, 3.8) is 0 Å². The summed E-state index contributed by atoms with van der Waals surface area (Å²) in [5.41, 5.74) is 10.3. The molecular formula is C20H17FN4O. The third-order valence-electron chi connectivity index (χ3n) is 4.59. The number of anilines is 1. The zero-order valence-electron chi connectivity index (χ0n) is 14.2. The van der Waals surface area contributed by atoms with Crippen LogP contribution >= 0.6 is 0 Å². The number of aryl methyl sites for hydroxylation is 1. The van der Waals surface area contributed by atoms with E-state index in [-0.39, 0.29) is 23.7 Å². The number of carbonyl (C=O) groups is 1. The van der Waals surface area contributed by atoms with Gasteiger partial charge in [0.25, 0.3) is 5.91 Å². The highest BCUT2D eigenvalue weighted by molar-refractivity contribution is 5.96. The maximum absolute atomic E-state index is 13.9. The first kappa shape index (κ1) is 16.2. The van der Waals surface area contributed by atoms with E-state index >= 15 is 0 Å². The molecule has 0 saturated heterocycles. The van der Waals surface area contributed by atoms with Gasteiger partial charge in [-0.2, -0.15) is 0 Å². The molecule has 1 aliphatic rings. The molecule has 1 aliphatic heterocycles. The molecule has 0 aliphatic carbocycles. The molecule has 5 nitrogen and oxygen atoms in total. The Balaban J connectivity index is 1.79. The highest BCUT2D eigenvalue weighted by Gasteiger charge is 2.28. The Bertz CT molecular complexity index is 1000. The average molecular weight is 348 g/mol. The number of fused-ring (bicyclic) bond motifs is 1. The number of hydrogen-bond acceptors (Lipinski definition) is 4. The van der Waals surface area contributed by atoms with Crippen LogP contribution in [0.5, 0.6) is 0 Å². The molecule has 3 N–H and O–H groups in total. The van der Waals surface area contributed by atoms with E-state index in [1.54, 1.807) is 6.07 Å². The monoisotopic (exact) mass is 348 g/mol. The highest BCUT2D eigenvalue weighted by atomic mass is 19.1. The van der Waals surface area contributed by atoms with Gasteiger partial charge in [0.05, 0.1) is 17.3 Å². The molecule has 0 spiro atoms. The Kier molecular flexibility index (Phi) is 3.88. The number of halogens is 1. The molecule has 2 heterocycles. The van der Waals surface area contributed by atoms with Crippen LogP contribution in [0.15, 0.2) is 48.7 Å². The summed E-state index contributed by atoms with van der Waals surface area (Å²) >= 11 is 0. The van der Waals surface area contributed by atoms with Crippen LogP contribution in [0.4, 0.5) is 10.3 Å². The first-order chi connectivity index (χ1) is 12.5. The largest absolute Gasteiger partial charge is 0.368 e. The summed E-state index contributed by atoms with van der Waals surface area (Å²) in [5, 5.41) is 2.97. The second-order valence-electron chi connectivity index (χ2n) is 6.42.